The van der Waals surface area contributed by atoms with Gasteiger partial charge in [0.25, 0.3) is 5.91 Å². The van der Waals surface area contributed by atoms with E-state index in [1.54, 1.807) is 24.3 Å². The van der Waals surface area contributed by atoms with E-state index >= 15 is 0 Å². The van der Waals surface area contributed by atoms with E-state index in [0.29, 0.717) is 10.9 Å². The summed E-state index contributed by atoms with van der Waals surface area (Å²) in [5.74, 6) is -1.45. The number of carbonyl (C=O) groups is 2. The quantitative estimate of drug-likeness (QED) is 0.751. The van der Waals surface area contributed by atoms with E-state index < -0.39 is 5.91 Å². The predicted molar refractivity (Wildman–Crippen MR) is 58.4 cm³/mol. The lowest BCUT2D eigenvalue weighted by Crippen LogP contribution is -2.19. The lowest BCUT2D eigenvalue weighted by molar-refractivity contribution is 0.0907. The molecule has 0 atom stereocenters. The van der Waals surface area contributed by atoms with Crippen molar-refractivity contribution in [3.8, 4) is 5.75 Å². The fourth-order valence-electron chi connectivity index (χ4n) is 1.78. The molecule has 0 aliphatic carbocycles. The lowest BCUT2D eigenvalue weighted by Gasteiger charge is -2.02. The summed E-state index contributed by atoms with van der Waals surface area (Å²) in [7, 11) is 0. The molecule has 0 spiro atoms. The minimum atomic E-state index is -0.830. The number of rotatable bonds is 1. The predicted octanol–water partition coefficient (Wildman–Crippen LogP) is 1.11. The SMILES string of the molecule is CC(=O)n1c(C(N)=O)c(O)c2ccccc21. The third-order valence-corrected chi connectivity index (χ3v) is 2.40. The van der Waals surface area contributed by atoms with E-state index in [9.17, 15) is 14.7 Å². The molecular weight excluding hydrogens is 208 g/mol. The van der Waals surface area contributed by atoms with Gasteiger partial charge in [0.05, 0.1) is 5.52 Å². The van der Waals surface area contributed by atoms with Gasteiger partial charge in [0, 0.05) is 12.3 Å². The second-order valence-corrected chi connectivity index (χ2v) is 3.43. The van der Waals surface area contributed by atoms with Crippen LogP contribution in [0, 0.1) is 0 Å². The van der Waals surface area contributed by atoms with Gasteiger partial charge in [-0.2, -0.15) is 0 Å². The number of aromatic hydroxyl groups is 1. The van der Waals surface area contributed by atoms with E-state index in [-0.39, 0.29) is 17.4 Å². The van der Waals surface area contributed by atoms with Crippen LogP contribution in [0.1, 0.15) is 22.2 Å². The number of benzene rings is 1. The molecule has 0 bridgehead atoms. The van der Waals surface area contributed by atoms with Gasteiger partial charge >= 0.3 is 0 Å². The van der Waals surface area contributed by atoms with Gasteiger partial charge in [0.2, 0.25) is 5.91 Å². The molecule has 0 unspecified atom stereocenters. The van der Waals surface area contributed by atoms with Gasteiger partial charge < -0.3 is 10.8 Å². The number of fused-ring (bicyclic) bond motifs is 1. The maximum absolute atomic E-state index is 11.4. The van der Waals surface area contributed by atoms with Gasteiger partial charge in [-0.05, 0) is 12.1 Å². The minimum absolute atomic E-state index is 0.172. The van der Waals surface area contributed by atoms with E-state index in [0.717, 1.165) is 4.57 Å². The van der Waals surface area contributed by atoms with E-state index in [2.05, 4.69) is 0 Å². The largest absolute Gasteiger partial charge is 0.505 e. The number of hydrogen-bond acceptors (Lipinski definition) is 3. The smallest absolute Gasteiger partial charge is 0.269 e. The van der Waals surface area contributed by atoms with Crippen LogP contribution in [0.5, 0.6) is 5.75 Å². The highest BCUT2D eigenvalue weighted by Gasteiger charge is 2.22. The van der Waals surface area contributed by atoms with Crippen molar-refractivity contribution in [3.05, 3.63) is 30.0 Å². The molecule has 0 saturated heterocycles. The number of primary amides is 1. The molecule has 0 aliphatic heterocycles. The molecule has 0 radical (unpaired) electrons. The summed E-state index contributed by atoms with van der Waals surface area (Å²) in [4.78, 5) is 22.6. The Morgan fingerprint density at radius 1 is 1.31 bits per heavy atom. The Kier molecular flexibility index (Phi) is 2.16. The molecule has 1 heterocycles. The first-order valence-corrected chi connectivity index (χ1v) is 4.67. The molecule has 16 heavy (non-hydrogen) atoms. The molecule has 3 N–H and O–H groups in total. The Labute approximate surface area is 91.1 Å². The highest BCUT2D eigenvalue weighted by atomic mass is 16.3. The number of carbonyl (C=O) groups excluding carboxylic acids is 2. The average molecular weight is 218 g/mol. The number of nitrogens with zero attached hydrogens (tertiary/aromatic N) is 1. The maximum atomic E-state index is 11.4. The monoisotopic (exact) mass is 218 g/mol. The third-order valence-electron chi connectivity index (χ3n) is 2.40. The summed E-state index contributed by atoms with van der Waals surface area (Å²) < 4.78 is 1.12. The average Bonchev–Trinajstić information content (AvgIpc) is 2.53. The molecular formula is C11H10N2O3. The highest BCUT2D eigenvalue weighted by Crippen LogP contribution is 2.31. The standard InChI is InChI=1S/C11H10N2O3/c1-6(14)13-8-5-3-2-4-7(8)10(15)9(13)11(12)16/h2-5,15H,1H3,(H2,12,16). The first kappa shape index (κ1) is 10.2. The molecule has 1 amide bonds. The van der Waals surface area contributed by atoms with Crippen molar-refractivity contribution in [1.29, 1.82) is 0 Å². The summed E-state index contributed by atoms with van der Waals surface area (Å²) in [6.45, 7) is 1.30. The lowest BCUT2D eigenvalue weighted by atomic mass is 10.2. The van der Waals surface area contributed by atoms with Gasteiger partial charge in [0.1, 0.15) is 0 Å². The second kappa shape index (κ2) is 3.37. The van der Waals surface area contributed by atoms with Crippen molar-refractivity contribution < 1.29 is 14.7 Å². The third kappa shape index (κ3) is 1.25. The van der Waals surface area contributed by atoms with E-state index in [1.807, 2.05) is 0 Å². The molecule has 2 aromatic rings. The number of nitrogens with two attached hydrogens (primary N) is 1. The molecule has 0 fully saturated rings. The topological polar surface area (TPSA) is 85.3 Å². The Bertz CT molecular complexity index is 599. The molecule has 0 saturated carbocycles. The van der Waals surface area contributed by atoms with Gasteiger partial charge in [-0.1, -0.05) is 12.1 Å². The normalized spacial score (nSPS) is 10.6. The van der Waals surface area contributed by atoms with Crippen LogP contribution in [0.2, 0.25) is 0 Å². The van der Waals surface area contributed by atoms with Crippen LogP contribution in [-0.4, -0.2) is 21.5 Å². The second-order valence-electron chi connectivity index (χ2n) is 3.43. The summed E-state index contributed by atoms with van der Waals surface area (Å²) in [5.41, 5.74) is 5.45. The van der Waals surface area contributed by atoms with Crippen LogP contribution in [0.15, 0.2) is 24.3 Å². The van der Waals surface area contributed by atoms with Gasteiger partial charge in [-0.15, -0.1) is 0 Å². The summed E-state index contributed by atoms with van der Waals surface area (Å²) in [6, 6.07) is 6.68. The van der Waals surface area contributed by atoms with Crippen molar-refractivity contribution in [2.75, 3.05) is 0 Å². The Morgan fingerprint density at radius 2 is 1.94 bits per heavy atom. The summed E-state index contributed by atoms with van der Waals surface area (Å²) in [5, 5.41) is 10.3. The molecule has 1 aromatic heterocycles. The fraction of sp³-hybridized carbons (Fsp3) is 0.0909. The Morgan fingerprint density at radius 3 is 2.50 bits per heavy atom. The first-order chi connectivity index (χ1) is 7.54. The van der Waals surface area contributed by atoms with Gasteiger partial charge in [0.15, 0.2) is 11.4 Å². The fourth-order valence-corrected chi connectivity index (χ4v) is 1.78. The van der Waals surface area contributed by atoms with E-state index in [1.165, 1.54) is 6.92 Å². The molecule has 82 valence electrons. The van der Waals surface area contributed by atoms with Crippen molar-refractivity contribution in [1.82, 2.24) is 4.57 Å². The zero-order valence-corrected chi connectivity index (χ0v) is 8.60. The number of aromatic nitrogens is 1. The van der Waals surface area contributed by atoms with Crippen LogP contribution >= 0.6 is 0 Å². The zero-order chi connectivity index (χ0) is 11.9. The summed E-state index contributed by atoms with van der Waals surface area (Å²) in [6.07, 6.45) is 0. The van der Waals surface area contributed by atoms with E-state index in [4.69, 9.17) is 5.73 Å². The van der Waals surface area contributed by atoms with Crippen molar-refractivity contribution >= 4 is 22.7 Å². The maximum Gasteiger partial charge on any atom is 0.269 e. The van der Waals surface area contributed by atoms with Crippen molar-refractivity contribution in [2.45, 2.75) is 6.92 Å². The molecule has 0 aliphatic rings. The molecule has 1 aromatic carbocycles. The van der Waals surface area contributed by atoms with Crippen LogP contribution in [0.3, 0.4) is 0 Å². The van der Waals surface area contributed by atoms with Gasteiger partial charge in [-0.3, -0.25) is 14.2 Å². The van der Waals surface area contributed by atoms with Crippen LogP contribution in [-0.2, 0) is 0 Å². The van der Waals surface area contributed by atoms with Crippen molar-refractivity contribution in [3.63, 3.8) is 0 Å². The zero-order valence-electron chi connectivity index (χ0n) is 8.60. The first-order valence-electron chi connectivity index (χ1n) is 4.67. The number of amides is 1. The molecule has 2 rings (SSSR count). The summed E-state index contributed by atoms with van der Waals surface area (Å²) >= 11 is 0. The Hall–Kier alpha value is -2.30. The van der Waals surface area contributed by atoms with Crippen LogP contribution in [0.4, 0.5) is 0 Å². The van der Waals surface area contributed by atoms with Crippen LogP contribution in [0.25, 0.3) is 10.9 Å². The highest BCUT2D eigenvalue weighted by molar-refractivity contribution is 6.08. The molecule has 5 heteroatoms. The van der Waals surface area contributed by atoms with Crippen LogP contribution < -0.4 is 5.73 Å². The van der Waals surface area contributed by atoms with Crippen molar-refractivity contribution in [2.24, 2.45) is 5.73 Å². The number of para-hydroxylation sites is 1. The molecule has 5 nitrogen and oxygen atoms in total. The Balaban J connectivity index is 2.97. The minimum Gasteiger partial charge on any atom is -0.505 e. The van der Waals surface area contributed by atoms with Gasteiger partial charge in [-0.25, -0.2) is 0 Å². The number of hydrogen-bond donors (Lipinski definition) is 2.